The molecule has 0 saturated heterocycles. The maximum Gasteiger partial charge on any atom is 0.263 e. The van der Waals surface area contributed by atoms with E-state index in [-0.39, 0.29) is 11.7 Å². The van der Waals surface area contributed by atoms with Crippen LogP contribution in [-0.4, -0.2) is 25.7 Å². The Kier molecular flexibility index (Phi) is 5.20. The summed E-state index contributed by atoms with van der Waals surface area (Å²) in [5.41, 5.74) is 2.43. The van der Waals surface area contributed by atoms with Gasteiger partial charge in [-0.2, -0.15) is 5.10 Å². The number of hydrogen-bond acceptors (Lipinski definition) is 5. The quantitative estimate of drug-likeness (QED) is 0.544. The van der Waals surface area contributed by atoms with Crippen LogP contribution in [0.4, 0.5) is 4.39 Å². The Morgan fingerprint density at radius 1 is 1.11 bits per heavy atom. The van der Waals surface area contributed by atoms with Crippen LogP contribution in [-0.2, 0) is 13.1 Å². The number of thiazole rings is 1. The molecule has 4 rings (SSSR count). The first-order valence-electron chi connectivity index (χ1n) is 8.59. The molecular weight excluding hydrogens is 377 g/mol. The average Bonchev–Trinajstić information content (AvgIpc) is 3.40. The topological polar surface area (TPSA) is 72.7 Å². The summed E-state index contributed by atoms with van der Waals surface area (Å²) in [5.74, 6) is -0.596. The number of aromatic nitrogens is 4. The van der Waals surface area contributed by atoms with Gasteiger partial charge in [0.25, 0.3) is 5.91 Å². The Balaban J connectivity index is 1.45. The Morgan fingerprint density at radius 3 is 2.68 bits per heavy atom. The van der Waals surface area contributed by atoms with Gasteiger partial charge in [0, 0.05) is 12.1 Å². The lowest BCUT2D eigenvalue weighted by Crippen LogP contribution is -2.22. The van der Waals surface area contributed by atoms with Gasteiger partial charge in [-0.15, -0.1) is 11.3 Å². The molecule has 0 aliphatic carbocycles. The lowest BCUT2D eigenvalue weighted by Gasteiger charge is -2.10. The molecule has 0 spiro atoms. The van der Waals surface area contributed by atoms with Crippen molar-refractivity contribution in [3.8, 4) is 10.6 Å². The van der Waals surface area contributed by atoms with Gasteiger partial charge >= 0.3 is 0 Å². The monoisotopic (exact) mass is 393 g/mol. The molecule has 0 unspecified atom stereocenters. The minimum Gasteiger partial charge on any atom is -0.347 e. The normalized spacial score (nSPS) is 10.8. The summed E-state index contributed by atoms with van der Waals surface area (Å²) in [6.45, 7) is 0.945. The van der Waals surface area contributed by atoms with Gasteiger partial charge in [0.1, 0.15) is 28.4 Å². The maximum absolute atomic E-state index is 13.9. The zero-order chi connectivity index (χ0) is 19.3. The fourth-order valence-electron chi connectivity index (χ4n) is 2.77. The Morgan fingerprint density at radius 2 is 1.89 bits per heavy atom. The van der Waals surface area contributed by atoms with Gasteiger partial charge in [0.05, 0.1) is 12.7 Å². The average molecular weight is 393 g/mol. The minimum atomic E-state index is -0.356. The van der Waals surface area contributed by atoms with Crippen molar-refractivity contribution in [2.24, 2.45) is 0 Å². The zero-order valence-corrected chi connectivity index (χ0v) is 15.6. The van der Waals surface area contributed by atoms with Crippen LogP contribution in [0.3, 0.4) is 0 Å². The first-order chi connectivity index (χ1) is 13.7. The molecule has 1 amide bonds. The van der Waals surface area contributed by atoms with Gasteiger partial charge in [-0.3, -0.25) is 4.79 Å². The van der Waals surface area contributed by atoms with Crippen LogP contribution in [0.2, 0.25) is 0 Å². The number of carbonyl (C=O) groups excluding carboxylic acids is 1. The van der Waals surface area contributed by atoms with E-state index >= 15 is 0 Å². The van der Waals surface area contributed by atoms with E-state index < -0.39 is 0 Å². The van der Waals surface area contributed by atoms with E-state index in [1.807, 2.05) is 24.3 Å². The second kappa shape index (κ2) is 8.10. The molecule has 28 heavy (non-hydrogen) atoms. The van der Waals surface area contributed by atoms with Gasteiger partial charge in [0.2, 0.25) is 0 Å². The number of rotatable bonds is 6. The Hall–Kier alpha value is -3.39. The van der Waals surface area contributed by atoms with Crippen LogP contribution >= 0.6 is 11.3 Å². The molecule has 8 heteroatoms. The van der Waals surface area contributed by atoms with E-state index in [0.29, 0.717) is 28.5 Å². The molecule has 6 nitrogen and oxygen atoms in total. The summed E-state index contributed by atoms with van der Waals surface area (Å²) in [6.07, 6.45) is 4.61. The molecule has 2 aromatic heterocycles. The zero-order valence-electron chi connectivity index (χ0n) is 14.7. The van der Waals surface area contributed by atoms with Crippen molar-refractivity contribution in [3.05, 3.63) is 89.2 Å². The van der Waals surface area contributed by atoms with Crippen LogP contribution in [0.15, 0.2) is 67.4 Å². The SMILES string of the molecule is O=C(NCc1ccccc1Cn1cncn1)c1cnc(-c2ccccc2F)s1. The highest BCUT2D eigenvalue weighted by Gasteiger charge is 2.14. The van der Waals surface area contributed by atoms with E-state index in [9.17, 15) is 9.18 Å². The van der Waals surface area contributed by atoms with Gasteiger partial charge in [-0.25, -0.2) is 19.0 Å². The first-order valence-corrected chi connectivity index (χ1v) is 9.40. The van der Waals surface area contributed by atoms with Gasteiger partial charge in [-0.1, -0.05) is 36.4 Å². The molecule has 4 aromatic rings. The van der Waals surface area contributed by atoms with E-state index in [2.05, 4.69) is 20.4 Å². The molecular formula is C20H16FN5OS. The molecule has 2 aromatic carbocycles. The number of nitrogens with zero attached hydrogens (tertiary/aromatic N) is 4. The highest BCUT2D eigenvalue weighted by atomic mass is 32.1. The Bertz CT molecular complexity index is 1090. The maximum atomic E-state index is 13.9. The first kappa shape index (κ1) is 18.0. The molecule has 0 atom stereocenters. The van der Waals surface area contributed by atoms with Crippen molar-refractivity contribution in [2.75, 3.05) is 0 Å². The molecule has 0 fully saturated rings. The summed E-state index contributed by atoms with van der Waals surface area (Å²) < 4.78 is 15.6. The van der Waals surface area contributed by atoms with Crippen LogP contribution in [0.5, 0.6) is 0 Å². The van der Waals surface area contributed by atoms with Gasteiger partial charge in [-0.05, 0) is 23.3 Å². The van der Waals surface area contributed by atoms with E-state index in [4.69, 9.17) is 0 Å². The summed E-state index contributed by atoms with van der Waals surface area (Å²) in [6, 6.07) is 14.2. The lowest BCUT2D eigenvalue weighted by atomic mass is 10.1. The highest BCUT2D eigenvalue weighted by Crippen LogP contribution is 2.27. The van der Waals surface area contributed by atoms with Crippen molar-refractivity contribution >= 4 is 17.2 Å². The third-order valence-corrected chi connectivity index (χ3v) is 5.22. The van der Waals surface area contributed by atoms with Crippen molar-refractivity contribution < 1.29 is 9.18 Å². The largest absolute Gasteiger partial charge is 0.347 e. The summed E-state index contributed by atoms with van der Waals surface area (Å²) >= 11 is 1.17. The predicted molar refractivity (Wildman–Crippen MR) is 104 cm³/mol. The van der Waals surface area contributed by atoms with Gasteiger partial charge < -0.3 is 5.32 Å². The predicted octanol–water partition coefficient (Wildman–Crippen LogP) is 3.52. The standard InChI is InChI=1S/C20H16FN5OS/c21-17-8-4-3-7-16(17)20-24-10-18(28-20)19(27)23-9-14-5-1-2-6-15(14)11-26-13-22-12-25-26/h1-8,10,12-13H,9,11H2,(H,23,27). The van der Waals surface area contributed by atoms with Crippen molar-refractivity contribution in [3.63, 3.8) is 0 Å². The van der Waals surface area contributed by atoms with Gasteiger partial charge in [0.15, 0.2) is 0 Å². The van der Waals surface area contributed by atoms with E-state index in [0.717, 1.165) is 11.1 Å². The van der Waals surface area contributed by atoms with E-state index in [1.165, 1.54) is 29.9 Å². The second-order valence-electron chi connectivity index (χ2n) is 6.05. The van der Waals surface area contributed by atoms with Crippen LogP contribution in [0, 0.1) is 5.82 Å². The smallest absolute Gasteiger partial charge is 0.263 e. The number of halogens is 1. The van der Waals surface area contributed by atoms with Crippen molar-refractivity contribution in [1.82, 2.24) is 25.1 Å². The van der Waals surface area contributed by atoms with Crippen molar-refractivity contribution in [2.45, 2.75) is 13.1 Å². The lowest BCUT2D eigenvalue weighted by molar-refractivity contribution is 0.0954. The molecule has 0 aliphatic rings. The molecule has 0 saturated carbocycles. The molecule has 140 valence electrons. The molecule has 0 bridgehead atoms. The summed E-state index contributed by atoms with van der Waals surface area (Å²) in [7, 11) is 0. The molecule has 2 heterocycles. The second-order valence-corrected chi connectivity index (χ2v) is 7.08. The van der Waals surface area contributed by atoms with Crippen LogP contribution < -0.4 is 5.32 Å². The highest BCUT2D eigenvalue weighted by molar-refractivity contribution is 7.16. The molecule has 0 radical (unpaired) electrons. The molecule has 0 aliphatic heterocycles. The number of nitrogens with one attached hydrogen (secondary N) is 1. The molecule has 1 N–H and O–H groups in total. The van der Waals surface area contributed by atoms with Crippen molar-refractivity contribution in [1.29, 1.82) is 0 Å². The number of amides is 1. The fraction of sp³-hybridized carbons (Fsp3) is 0.100. The number of benzene rings is 2. The fourth-order valence-corrected chi connectivity index (χ4v) is 3.63. The summed E-state index contributed by atoms with van der Waals surface area (Å²) in [4.78, 5) is 21.1. The minimum absolute atomic E-state index is 0.240. The van der Waals surface area contributed by atoms with Crippen LogP contribution in [0.1, 0.15) is 20.8 Å². The Labute approximate surface area is 164 Å². The van der Waals surface area contributed by atoms with E-state index in [1.54, 1.807) is 29.2 Å². The van der Waals surface area contributed by atoms with Crippen LogP contribution in [0.25, 0.3) is 10.6 Å². The number of hydrogen-bond donors (Lipinski definition) is 1. The third-order valence-electron chi connectivity index (χ3n) is 4.19. The summed E-state index contributed by atoms with van der Waals surface area (Å²) in [5, 5.41) is 7.50. The number of carbonyl (C=O) groups is 1. The third kappa shape index (κ3) is 3.96.